The summed E-state index contributed by atoms with van der Waals surface area (Å²) in [7, 11) is 0. The van der Waals surface area contributed by atoms with E-state index >= 15 is 0 Å². The van der Waals surface area contributed by atoms with Gasteiger partial charge in [0.15, 0.2) is 11.7 Å². The molecule has 0 aliphatic rings. The van der Waals surface area contributed by atoms with Crippen LogP contribution < -0.4 is 4.74 Å². The Morgan fingerprint density at radius 1 is 1.32 bits per heavy atom. The van der Waals surface area contributed by atoms with Crippen molar-refractivity contribution in [1.82, 2.24) is 4.98 Å². The summed E-state index contributed by atoms with van der Waals surface area (Å²) in [5, 5.41) is 9.18. The van der Waals surface area contributed by atoms with Crippen molar-refractivity contribution >= 4 is 11.9 Å². The number of allylic oxidation sites excluding steroid dienone is 1. The minimum atomic E-state index is -0.875. The topological polar surface area (TPSA) is 63.0 Å². The van der Waals surface area contributed by atoms with Gasteiger partial charge >= 0.3 is 0 Å². The van der Waals surface area contributed by atoms with Crippen LogP contribution in [0.5, 0.6) is 5.75 Å². The first-order chi connectivity index (χ1) is 10.7. The van der Waals surface area contributed by atoms with Crippen LogP contribution in [0.2, 0.25) is 0 Å². The number of benzene rings is 1. The molecule has 1 aromatic heterocycles. The fraction of sp³-hybridized carbons (Fsp3) is 0.167. The lowest BCUT2D eigenvalue weighted by atomic mass is 10.00. The van der Waals surface area contributed by atoms with Gasteiger partial charge in [-0.1, -0.05) is 24.3 Å². The number of carbonyl (C=O) groups is 1. The molecule has 2 rings (SSSR count). The highest BCUT2D eigenvalue weighted by Gasteiger charge is 2.18. The lowest BCUT2D eigenvalue weighted by Crippen LogP contribution is -2.09. The molecule has 1 heterocycles. The van der Waals surface area contributed by atoms with Gasteiger partial charge in [0.1, 0.15) is 5.75 Å². The van der Waals surface area contributed by atoms with E-state index in [0.717, 1.165) is 11.3 Å². The van der Waals surface area contributed by atoms with Crippen LogP contribution >= 0.6 is 0 Å². The fourth-order valence-electron chi connectivity index (χ4n) is 1.94. The molecule has 4 heteroatoms. The van der Waals surface area contributed by atoms with Gasteiger partial charge in [-0.3, -0.25) is 9.78 Å². The van der Waals surface area contributed by atoms with Crippen molar-refractivity contribution in [1.29, 1.82) is 5.26 Å². The fourth-order valence-corrected chi connectivity index (χ4v) is 1.94. The van der Waals surface area contributed by atoms with Gasteiger partial charge in [-0.25, -0.2) is 0 Å². The molecule has 0 bridgehead atoms. The second-order valence-electron chi connectivity index (χ2n) is 4.55. The molecular formula is C18H16N2O2. The Morgan fingerprint density at radius 2 is 2.09 bits per heavy atom. The van der Waals surface area contributed by atoms with Crippen molar-refractivity contribution in [2.24, 2.45) is 0 Å². The van der Waals surface area contributed by atoms with Crippen LogP contribution in [-0.4, -0.2) is 17.4 Å². The van der Waals surface area contributed by atoms with Gasteiger partial charge in [-0.2, -0.15) is 5.26 Å². The van der Waals surface area contributed by atoms with Crippen molar-refractivity contribution < 1.29 is 9.53 Å². The summed E-state index contributed by atoms with van der Waals surface area (Å²) in [6.07, 6.45) is 4.67. The maximum Gasteiger partial charge on any atom is 0.178 e. The molecule has 0 spiro atoms. The third-order valence-corrected chi connectivity index (χ3v) is 3.03. The highest BCUT2D eigenvalue weighted by Crippen LogP contribution is 2.16. The van der Waals surface area contributed by atoms with Crippen molar-refractivity contribution in [3.63, 3.8) is 0 Å². The van der Waals surface area contributed by atoms with Crippen molar-refractivity contribution in [3.8, 4) is 11.8 Å². The molecule has 0 N–H and O–H groups in total. The summed E-state index contributed by atoms with van der Waals surface area (Å²) < 4.78 is 5.36. The van der Waals surface area contributed by atoms with E-state index in [0.29, 0.717) is 12.3 Å². The van der Waals surface area contributed by atoms with Crippen LogP contribution in [0.4, 0.5) is 0 Å². The number of ketones is 1. The van der Waals surface area contributed by atoms with E-state index in [2.05, 4.69) is 4.98 Å². The maximum absolute atomic E-state index is 12.1. The molecule has 0 saturated heterocycles. The number of hydrogen-bond acceptors (Lipinski definition) is 4. The Bertz CT molecular complexity index is 685. The molecule has 1 atom stereocenters. The molecule has 0 aliphatic carbocycles. The first-order valence-corrected chi connectivity index (χ1v) is 7.00. The molecule has 0 saturated carbocycles. The second kappa shape index (κ2) is 7.75. The third-order valence-electron chi connectivity index (χ3n) is 3.03. The largest absolute Gasteiger partial charge is 0.494 e. The summed E-state index contributed by atoms with van der Waals surface area (Å²) in [5.41, 5.74) is 1.33. The van der Waals surface area contributed by atoms with Crippen molar-refractivity contribution in [2.75, 3.05) is 6.61 Å². The molecule has 22 heavy (non-hydrogen) atoms. The van der Waals surface area contributed by atoms with Crippen LogP contribution in [0, 0.1) is 11.3 Å². The van der Waals surface area contributed by atoms with Gasteiger partial charge in [0.25, 0.3) is 0 Å². The monoisotopic (exact) mass is 292 g/mol. The summed E-state index contributed by atoms with van der Waals surface area (Å²) in [4.78, 5) is 16.2. The van der Waals surface area contributed by atoms with Gasteiger partial charge < -0.3 is 4.74 Å². The number of nitrogens with zero attached hydrogens (tertiary/aromatic N) is 2. The van der Waals surface area contributed by atoms with Gasteiger partial charge in [-0.05, 0) is 42.8 Å². The second-order valence-corrected chi connectivity index (χ2v) is 4.55. The molecule has 0 unspecified atom stereocenters. The maximum atomic E-state index is 12.1. The summed E-state index contributed by atoms with van der Waals surface area (Å²) in [6, 6.07) is 14.6. The average molecular weight is 292 g/mol. The Labute approximate surface area is 129 Å². The van der Waals surface area contributed by atoms with Gasteiger partial charge in [0.05, 0.1) is 18.4 Å². The number of hydrogen-bond donors (Lipinski definition) is 0. The molecule has 0 aliphatic heterocycles. The zero-order chi connectivity index (χ0) is 15.8. The summed E-state index contributed by atoms with van der Waals surface area (Å²) >= 11 is 0. The molecule has 1 aromatic carbocycles. The first kappa shape index (κ1) is 15.5. The SMILES string of the molecule is CCOc1ccc(/C=C\C(=O)[C@@H](C#N)c2ccccn2)cc1. The molecule has 0 radical (unpaired) electrons. The number of carbonyl (C=O) groups excluding carboxylic acids is 1. The number of nitriles is 1. The van der Waals surface area contributed by atoms with Crippen LogP contribution in [0.1, 0.15) is 24.1 Å². The van der Waals surface area contributed by atoms with E-state index in [4.69, 9.17) is 4.74 Å². The number of pyridine rings is 1. The van der Waals surface area contributed by atoms with Crippen LogP contribution in [0.25, 0.3) is 6.08 Å². The van der Waals surface area contributed by atoms with E-state index in [1.165, 1.54) is 6.08 Å². The third kappa shape index (κ3) is 4.03. The van der Waals surface area contributed by atoms with E-state index in [1.54, 1.807) is 30.5 Å². The molecule has 0 fully saturated rings. The van der Waals surface area contributed by atoms with Gasteiger partial charge in [0, 0.05) is 6.20 Å². The Hall–Kier alpha value is -2.93. The van der Waals surface area contributed by atoms with E-state index in [9.17, 15) is 10.1 Å². The molecular weight excluding hydrogens is 276 g/mol. The van der Waals surface area contributed by atoms with Crippen LogP contribution in [-0.2, 0) is 4.79 Å². The van der Waals surface area contributed by atoms with Crippen molar-refractivity contribution in [3.05, 3.63) is 66.0 Å². The summed E-state index contributed by atoms with van der Waals surface area (Å²) in [6.45, 7) is 2.54. The predicted octanol–water partition coefficient (Wildman–Crippen LogP) is 3.37. The van der Waals surface area contributed by atoms with E-state index in [1.807, 2.05) is 37.3 Å². The minimum Gasteiger partial charge on any atom is -0.494 e. The zero-order valence-electron chi connectivity index (χ0n) is 12.3. The normalized spacial score (nSPS) is 11.8. The number of ether oxygens (including phenoxy) is 1. The predicted molar refractivity (Wildman–Crippen MR) is 84.2 cm³/mol. The highest BCUT2D eigenvalue weighted by molar-refractivity contribution is 6.00. The smallest absolute Gasteiger partial charge is 0.178 e. The lowest BCUT2D eigenvalue weighted by Gasteiger charge is -2.04. The van der Waals surface area contributed by atoms with Crippen LogP contribution in [0.3, 0.4) is 0 Å². The first-order valence-electron chi connectivity index (χ1n) is 7.00. The number of rotatable bonds is 6. The Kier molecular flexibility index (Phi) is 5.44. The van der Waals surface area contributed by atoms with Gasteiger partial charge in [0.2, 0.25) is 0 Å². The zero-order valence-corrected chi connectivity index (χ0v) is 12.3. The number of aromatic nitrogens is 1. The minimum absolute atomic E-state index is 0.282. The Morgan fingerprint density at radius 3 is 2.68 bits per heavy atom. The summed E-state index contributed by atoms with van der Waals surface area (Å²) in [5.74, 6) is -0.371. The molecule has 0 amide bonds. The van der Waals surface area contributed by atoms with Crippen LogP contribution in [0.15, 0.2) is 54.7 Å². The highest BCUT2D eigenvalue weighted by atomic mass is 16.5. The van der Waals surface area contributed by atoms with Gasteiger partial charge in [-0.15, -0.1) is 0 Å². The van der Waals surface area contributed by atoms with E-state index < -0.39 is 5.92 Å². The Balaban J connectivity index is 2.08. The molecule has 4 nitrogen and oxygen atoms in total. The standard InChI is InChI=1S/C18H16N2O2/c1-2-22-15-9-6-14(7-10-15)8-11-18(21)16(13-19)17-5-3-4-12-20-17/h3-12,16H,2H2,1H3/b11-8-/t16-/m0/s1. The average Bonchev–Trinajstić information content (AvgIpc) is 2.56. The van der Waals surface area contributed by atoms with Crippen molar-refractivity contribution in [2.45, 2.75) is 12.8 Å². The lowest BCUT2D eigenvalue weighted by molar-refractivity contribution is -0.114. The quantitative estimate of drug-likeness (QED) is 0.766. The molecule has 2 aromatic rings. The van der Waals surface area contributed by atoms with E-state index in [-0.39, 0.29) is 5.78 Å². The molecule has 110 valence electrons.